The van der Waals surface area contributed by atoms with Gasteiger partial charge in [-0.3, -0.25) is 10.2 Å². The van der Waals surface area contributed by atoms with Crippen molar-refractivity contribution in [3.63, 3.8) is 0 Å². The lowest BCUT2D eigenvalue weighted by molar-refractivity contribution is -0.117. The number of aromatic hydroxyl groups is 1. The summed E-state index contributed by atoms with van der Waals surface area (Å²) in [5, 5.41) is 12.5. The summed E-state index contributed by atoms with van der Waals surface area (Å²) in [6.07, 6.45) is 0. The zero-order chi connectivity index (χ0) is 18.1. The summed E-state index contributed by atoms with van der Waals surface area (Å²) in [5.41, 5.74) is 6.06. The summed E-state index contributed by atoms with van der Waals surface area (Å²) >= 11 is 3.52. The molecule has 3 unspecified atom stereocenters. The van der Waals surface area contributed by atoms with Gasteiger partial charge in [-0.15, -0.1) is 0 Å². The summed E-state index contributed by atoms with van der Waals surface area (Å²) in [6, 6.07) is 3.38. The molecule has 0 aliphatic carbocycles. The SMILES string of the molecule is CCS(=O)(=O)c1ccc(O)c(NC(=O)C2NNC(C(C)C)C2Br)c1. The average molecular weight is 420 g/mol. The molecule has 1 saturated heterocycles. The zero-order valence-electron chi connectivity index (χ0n) is 13.7. The maximum absolute atomic E-state index is 12.5. The van der Waals surface area contributed by atoms with Crippen LogP contribution >= 0.6 is 15.9 Å². The largest absolute Gasteiger partial charge is 0.506 e. The molecule has 0 aromatic heterocycles. The van der Waals surface area contributed by atoms with Crippen LogP contribution in [0, 0.1) is 5.92 Å². The normalized spacial score (nSPS) is 24.3. The van der Waals surface area contributed by atoms with Gasteiger partial charge in [-0.2, -0.15) is 0 Å². The highest BCUT2D eigenvalue weighted by atomic mass is 79.9. The van der Waals surface area contributed by atoms with Gasteiger partial charge in [0.2, 0.25) is 5.91 Å². The molecule has 7 nitrogen and oxygen atoms in total. The second-order valence-corrected chi connectivity index (χ2v) is 9.39. The Labute approximate surface area is 150 Å². The van der Waals surface area contributed by atoms with Crippen molar-refractivity contribution >= 4 is 37.4 Å². The topological polar surface area (TPSA) is 108 Å². The minimum absolute atomic E-state index is 0.0567. The molecule has 1 fully saturated rings. The third-order valence-electron chi connectivity index (χ3n) is 4.03. The van der Waals surface area contributed by atoms with Crippen molar-refractivity contribution in [1.82, 2.24) is 10.9 Å². The van der Waals surface area contributed by atoms with Crippen molar-refractivity contribution in [3.8, 4) is 5.75 Å². The molecule has 0 saturated carbocycles. The first-order valence-electron chi connectivity index (χ1n) is 7.69. The van der Waals surface area contributed by atoms with Crippen LogP contribution in [0.15, 0.2) is 23.1 Å². The van der Waals surface area contributed by atoms with Gasteiger partial charge in [0.15, 0.2) is 9.84 Å². The number of hydrazine groups is 1. The van der Waals surface area contributed by atoms with Gasteiger partial charge < -0.3 is 10.4 Å². The number of carbonyl (C=O) groups excluding carboxylic acids is 1. The molecule has 4 N–H and O–H groups in total. The third kappa shape index (κ3) is 3.90. The van der Waals surface area contributed by atoms with Crippen LogP contribution in [0.25, 0.3) is 0 Å². The van der Waals surface area contributed by atoms with Crippen LogP contribution in [-0.4, -0.2) is 42.1 Å². The van der Waals surface area contributed by atoms with Crippen molar-refractivity contribution in [2.75, 3.05) is 11.1 Å². The van der Waals surface area contributed by atoms with E-state index in [1.165, 1.54) is 25.1 Å². The Bertz CT molecular complexity index is 723. The van der Waals surface area contributed by atoms with Crippen molar-refractivity contribution in [1.29, 1.82) is 0 Å². The van der Waals surface area contributed by atoms with E-state index >= 15 is 0 Å². The minimum atomic E-state index is -3.42. The molecule has 0 bridgehead atoms. The molecule has 3 atom stereocenters. The van der Waals surface area contributed by atoms with E-state index in [1.54, 1.807) is 0 Å². The molecule has 1 aromatic rings. The number of carbonyl (C=O) groups is 1. The van der Waals surface area contributed by atoms with E-state index in [1.807, 2.05) is 13.8 Å². The monoisotopic (exact) mass is 419 g/mol. The van der Waals surface area contributed by atoms with Crippen LogP contribution in [0.2, 0.25) is 0 Å². The minimum Gasteiger partial charge on any atom is -0.506 e. The van der Waals surface area contributed by atoms with Gasteiger partial charge in [0.05, 0.1) is 21.2 Å². The molecule has 0 spiro atoms. The highest BCUT2D eigenvalue weighted by molar-refractivity contribution is 9.09. The zero-order valence-corrected chi connectivity index (χ0v) is 16.1. The number of nitrogens with one attached hydrogen (secondary N) is 3. The summed E-state index contributed by atoms with van der Waals surface area (Å²) < 4.78 is 23.9. The van der Waals surface area contributed by atoms with Crippen LogP contribution in [0.1, 0.15) is 20.8 Å². The summed E-state index contributed by atoms with van der Waals surface area (Å²) in [5.74, 6) is -0.297. The fourth-order valence-corrected chi connectivity index (χ4v) is 4.50. The van der Waals surface area contributed by atoms with E-state index in [4.69, 9.17) is 0 Å². The predicted octanol–water partition coefficient (Wildman–Crippen LogP) is 1.39. The molecular weight excluding hydrogens is 398 g/mol. The second-order valence-electron chi connectivity index (χ2n) is 6.05. The quantitative estimate of drug-likeness (QED) is 0.424. The number of amides is 1. The van der Waals surface area contributed by atoms with Gasteiger partial charge in [0.1, 0.15) is 11.8 Å². The Morgan fingerprint density at radius 2 is 2.04 bits per heavy atom. The molecule has 9 heteroatoms. The molecule has 1 aliphatic heterocycles. The maximum Gasteiger partial charge on any atom is 0.244 e. The standard InChI is InChI=1S/C15H22BrN3O4S/c1-4-24(22,23)9-5-6-11(20)10(7-9)17-15(21)14-12(16)13(8(2)3)18-19-14/h5-8,12-14,18-20H,4H2,1-3H3,(H,17,21). The van der Waals surface area contributed by atoms with E-state index in [-0.39, 0.29) is 38.9 Å². The van der Waals surface area contributed by atoms with Gasteiger partial charge >= 0.3 is 0 Å². The van der Waals surface area contributed by atoms with Crippen LogP contribution in [0.4, 0.5) is 5.69 Å². The number of rotatable bonds is 5. The van der Waals surface area contributed by atoms with Crippen molar-refractivity contribution < 1.29 is 18.3 Å². The van der Waals surface area contributed by atoms with Crippen LogP contribution in [0.5, 0.6) is 5.75 Å². The Hall–Kier alpha value is -1.16. The Balaban J connectivity index is 2.19. The first kappa shape index (κ1) is 19.2. The number of alkyl halides is 1. The molecule has 134 valence electrons. The molecule has 0 radical (unpaired) electrons. The smallest absolute Gasteiger partial charge is 0.244 e. The van der Waals surface area contributed by atoms with Crippen molar-refractivity contribution in [3.05, 3.63) is 18.2 Å². The van der Waals surface area contributed by atoms with E-state index in [0.29, 0.717) is 5.92 Å². The number of hydrogen-bond acceptors (Lipinski definition) is 6. The van der Waals surface area contributed by atoms with Gasteiger partial charge in [0.25, 0.3) is 0 Å². The van der Waals surface area contributed by atoms with E-state index in [9.17, 15) is 18.3 Å². The Kier molecular flexibility index (Phi) is 5.90. The first-order valence-corrected chi connectivity index (χ1v) is 10.3. The number of phenolic OH excluding ortho intramolecular Hbond substituents is 1. The Morgan fingerprint density at radius 1 is 1.38 bits per heavy atom. The highest BCUT2D eigenvalue weighted by Gasteiger charge is 2.39. The van der Waals surface area contributed by atoms with Crippen molar-refractivity contribution in [2.45, 2.75) is 42.6 Å². The maximum atomic E-state index is 12.5. The molecule has 1 aliphatic rings. The first-order chi connectivity index (χ1) is 11.2. The summed E-state index contributed by atoms with van der Waals surface area (Å²) in [6.45, 7) is 5.62. The molecule has 1 heterocycles. The van der Waals surface area contributed by atoms with Gasteiger partial charge in [-0.25, -0.2) is 13.8 Å². The van der Waals surface area contributed by atoms with Gasteiger partial charge in [-0.1, -0.05) is 36.7 Å². The number of phenols is 1. The third-order valence-corrected chi connectivity index (χ3v) is 6.86. The molecule has 2 rings (SSSR count). The fraction of sp³-hybridized carbons (Fsp3) is 0.533. The van der Waals surface area contributed by atoms with Gasteiger partial charge in [-0.05, 0) is 24.1 Å². The van der Waals surface area contributed by atoms with Crippen LogP contribution in [-0.2, 0) is 14.6 Å². The van der Waals surface area contributed by atoms with Gasteiger partial charge in [0, 0.05) is 6.04 Å². The number of hydrogen-bond donors (Lipinski definition) is 4. The van der Waals surface area contributed by atoms with Crippen LogP contribution < -0.4 is 16.2 Å². The molecule has 1 amide bonds. The summed E-state index contributed by atoms with van der Waals surface area (Å²) in [4.78, 5) is 12.4. The number of anilines is 1. The second kappa shape index (κ2) is 7.38. The number of benzene rings is 1. The van der Waals surface area contributed by atoms with E-state index in [0.717, 1.165) is 0 Å². The fourth-order valence-electron chi connectivity index (χ4n) is 2.48. The molecule has 24 heavy (non-hydrogen) atoms. The number of halogens is 1. The van der Waals surface area contributed by atoms with E-state index in [2.05, 4.69) is 32.1 Å². The van der Waals surface area contributed by atoms with Crippen LogP contribution in [0.3, 0.4) is 0 Å². The average Bonchev–Trinajstić information content (AvgIpc) is 2.91. The number of sulfone groups is 1. The Morgan fingerprint density at radius 3 is 2.58 bits per heavy atom. The highest BCUT2D eigenvalue weighted by Crippen LogP contribution is 2.28. The molecular formula is C15H22BrN3O4S. The lowest BCUT2D eigenvalue weighted by Crippen LogP contribution is -2.42. The van der Waals surface area contributed by atoms with Crippen molar-refractivity contribution in [2.24, 2.45) is 5.92 Å². The lowest BCUT2D eigenvalue weighted by Gasteiger charge is -2.19. The summed E-state index contributed by atoms with van der Waals surface area (Å²) in [7, 11) is -3.42. The molecule has 1 aromatic carbocycles. The van der Waals surface area contributed by atoms with E-state index < -0.39 is 15.9 Å². The predicted molar refractivity (Wildman–Crippen MR) is 95.9 cm³/mol. The lowest BCUT2D eigenvalue weighted by atomic mass is 9.99.